The van der Waals surface area contributed by atoms with Crippen LogP contribution in [0.3, 0.4) is 0 Å². The standard InChI is InChI=1S/C19H20N4O2S/c1-14-20-8-9-23(14)18-11-15(6-7-21-18)12-22-19(24)17-5-3-4-16(10-17)13-26(2)25/h3-11H,12-13H2,1-2H3,(H,22,24)/t26-/m1/s1. The van der Waals surface area contributed by atoms with Gasteiger partial charge in [-0.3, -0.25) is 13.6 Å². The first-order chi connectivity index (χ1) is 12.5. The molecule has 0 fully saturated rings. The van der Waals surface area contributed by atoms with E-state index in [1.807, 2.05) is 42.0 Å². The van der Waals surface area contributed by atoms with Crippen molar-refractivity contribution in [3.8, 4) is 5.82 Å². The van der Waals surface area contributed by atoms with E-state index in [-0.39, 0.29) is 5.91 Å². The van der Waals surface area contributed by atoms with Gasteiger partial charge in [-0.1, -0.05) is 12.1 Å². The predicted molar refractivity (Wildman–Crippen MR) is 101 cm³/mol. The molecule has 1 atom stereocenters. The van der Waals surface area contributed by atoms with Crippen LogP contribution in [0.4, 0.5) is 0 Å². The van der Waals surface area contributed by atoms with Gasteiger partial charge in [-0.05, 0) is 42.3 Å². The van der Waals surface area contributed by atoms with Crippen LogP contribution in [-0.2, 0) is 23.1 Å². The van der Waals surface area contributed by atoms with E-state index in [2.05, 4.69) is 15.3 Å². The van der Waals surface area contributed by atoms with Crippen molar-refractivity contribution in [3.05, 3.63) is 77.5 Å². The summed E-state index contributed by atoms with van der Waals surface area (Å²) in [6, 6.07) is 11.0. The minimum absolute atomic E-state index is 0.161. The van der Waals surface area contributed by atoms with Gasteiger partial charge in [0.15, 0.2) is 0 Å². The molecule has 2 aromatic heterocycles. The molecule has 1 aromatic carbocycles. The average molecular weight is 368 g/mol. The lowest BCUT2D eigenvalue weighted by atomic mass is 10.1. The van der Waals surface area contributed by atoms with Crippen LogP contribution >= 0.6 is 0 Å². The number of aryl methyl sites for hydroxylation is 1. The first kappa shape index (κ1) is 18.0. The van der Waals surface area contributed by atoms with Crippen molar-refractivity contribution in [2.24, 2.45) is 0 Å². The molecule has 0 bridgehead atoms. The Hall–Kier alpha value is -2.80. The molecule has 6 nitrogen and oxygen atoms in total. The SMILES string of the molecule is Cc1nccn1-c1cc(CNC(=O)c2cccc(C[S@@](C)=O)c2)ccn1. The molecule has 0 unspecified atom stereocenters. The van der Waals surface area contributed by atoms with Gasteiger partial charge in [-0.15, -0.1) is 0 Å². The number of imidazole rings is 1. The van der Waals surface area contributed by atoms with Crippen LogP contribution in [0.2, 0.25) is 0 Å². The Bertz CT molecular complexity index is 952. The molecule has 1 amide bonds. The summed E-state index contributed by atoms with van der Waals surface area (Å²) in [7, 11) is -0.937. The molecular weight excluding hydrogens is 348 g/mol. The van der Waals surface area contributed by atoms with Crippen molar-refractivity contribution >= 4 is 16.7 Å². The van der Waals surface area contributed by atoms with Crippen LogP contribution in [0.5, 0.6) is 0 Å². The van der Waals surface area contributed by atoms with Gasteiger partial charge in [-0.25, -0.2) is 9.97 Å². The Labute approximate surface area is 154 Å². The largest absolute Gasteiger partial charge is 0.348 e. The van der Waals surface area contributed by atoms with Crippen LogP contribution in [0.1, 0.15) is 27.3 Å². The molecule has 26 heavy (non-hydrogen) atoms. The number of hydrogen-bond acceptors (Lipinski definition) is 4. The van der Waals surface area contributed by atoms with E-state index in [9.17, 15) is 9.00 Å². The van der Waals surface area contributed by atoms with Crippen molar-refractivity contribution in [2.45, 2.75) is 19.2 Å². The summed E-state index contributed by atoms with van der Waals surface area (Å²) in [6.07, 6.45) is 6.94. The topological polar surface area (TPSA) is 76.9 Å². The fourth-order valence-electron chi connectivity index (χ4n) is 2.64. The van der Waals surface area contributed by atoms with Gasteiger partial charge < -0.3 is 5.32 Å². The van der Waals surface area contributed by atoms with E-state index in [0.29, 0.717) is 17.9 Å². The lowest BCUT2D eigenvalue weighted by molar-refractivity contribution is 0.0951. The fraction of sp³-hybridized carbons (Fsp3) is 0.211. The second-order valence-corrected chi connectivity index (χ2v) is 7.40. The highest BCUT2D eigenvalue weighted by atomic mass is 32.2. The van der Waals surface area contributed by atoms with E-state index in [1.54, 1.807) is 30.8 Å². The zero-order chi connectivity index (χ0) is 18.5. The molecule has 0 saturated carbocycles. The summed E-state index contributed by atoms with van der Waals surface area (Å²) in [4.78, 5) is 21.0. The van der Waals surface area contributed by atoms with Crippen molar-refractivity contribution < 1.29 is 9.00 Å². The van der Waals surface area contributed by atoms with Crippen LogP contribution in [-0.4, -0.2) is 30.9 Å². The zero-order valence-corrected chi connectivity index (χ0v) is 15.5. The number of amides is 1. The maximum Gasteiger partial charge on any atom is 0.251 e. The Morgan fingerprint density at radius 2 is 2.00 bits per heavy atom. The number of carbonyl (C=O) groups excluding carboxylic acids is 1. The number of hydrogen-bond donors (Lipinski definition) is 1. The molecule has 0 saturated heterocycles. The number of aromatic nitrogens is 3. The van der Waals surface area contributed by atoms with Gasteiger partial charge >= 0.3 is 0 Å². The monoisotopic (exact) mass is 368 g/mol. The van der Waals surface area contributed by atoms with E-state index < -0.39 is 10.8 Å². The number of benzene rings is 1. The highest BCUT2D eigenvalue weighted by Gasteiger charge is 2.08. The third kappa shape index (κ3) is 4.43. The number of nitrogens with one attached hydrogen (secondary N) is 1. The van der Waals surface area contributed by atoms with Crippen LogP contribution in [0.25, 0.3) is 5.82 Å². The smallest absolute Gasteiger partial charge is 0.251 e. The van der Waals surface area contributed by atoms with Crippen LogP contribution in [0.15, 0.2) is 55.0 Å². The fourth-order valence-corrected chi connectivity index (χ4v) is 3.29. The summed E-state index contributed by atoms with van der Waals surface area (Å²) in [5, 5.41) is 2.92. The summed E-state index contributed by atoms with van der Waals surface area (Å²) in [5.74, 6) is 1.90. The summed E-state index contributed by atoms with van der Waals surface area (Å²) in [5.41, 5.74) is 2.40. The Morgan fingerprint density at radius 3 is 2.73 bits per heavy atom. The van der Waals surface area contributed by atoms with Gasteiger partial charge in [-0.2, -0.15) is 0 Å². The molecule has 0 radical (unpaired) electrons. The lowest BCUT2D eigenvalue weighted by Gasteiger charge is -2.09. The highest BCUT2D eigenvalue weighted by molar-refractivity contribution is 7.83. The highest BCUT2D eigenvalue weighted by Crippen LogP contribution is 2.11. The maximum absolute atomic E-state index is 12.4. The number of nitrogens with zero attached hydrogens (tertiary/aromatic N) is 3. The van der Waals surface area contributed by atoms with Gasteiger partial charge in [0, 0.05) is 53.5 Å². The zero-order valence-electron chi connectivity index (χ0n) is 14.7. The predicted octanol–water partition coefficient (Wildman–Crippen LogP) is 2.38. The number of carbonyl (C=O) groups is 1. The summed E-state index contributed by atoms with van der Waals surface area (Å²) in [6.45, 7) is 2.30. The second-order valence-electron chi connectivity index (χ2n) is 5.97. The Balaban J connectivity index is 1.68. The Kier molecular flexibility index (Phi) is 5.58. The van der Waals surface area contributed by atoms with Gasteiger partial charge in [0.1, 0.15) is 11.6 Å². The Morgan fingerprint density at radius 1 is 1.15 bits per heavy atom. The second kappa shape index (κ2) is 8.05. The first-order valence-electron chi connectivity index (χ1n) is 8.15. The van der Waals surface area contributed by atoms with Gasteiger partial charge in [0.2, 0.25) is 0 Å². The van der Waals surface area contributed by atoms with Crippen molar-refractivity contribution in [2.75, 3.05) is 6.26 Å². The number of rotatable bonds is 6. The molecular formula is C19H20N4O2S. The summed E-state index contributed by atoms with van der Waals surface area (Å²) < 4.78 is 13.2. The molecule has 0 aliphatic rings. The molecule has 2 heterocycles. The quantitative estimate of drug-likeness (QED) is 0.725. The molecule has 3 aromatic rings. The van der Waals surface area contributed by atoms with E-state index in [1.165, 1.54) is 0 Å². The molecule has 0 aliphatic carbocycles. The summed E-state index contributed by atoms with van der Waals surface area (Å²) >= 11 is 0. The van der Waals surface area contributed by atoms with Crippen molar-refractivity contribution in [3.63, 3.8) is 0 Å². The molecule has 7 heteroatoms. The van der Waals surface area contributed by atoms with Crippen LogP contribution < -0.4 is 5.32 Å². The molecule has 0 spiro atoms. The van der Waals surface area contributed by atoms with Crippen molar-refractivity contribution in [1.29, 1.82) is 0 Å². The normalized spacial score (nSPS) is 11.9. The van der Waals surface area contributed by atoms with Gasteiger partial charge in [0.05, 0.1) is 0 Å². The lowest BCUT2D eigenvalue weighted by Crippen LogP contribution is -2.23. The maximum atomic E-state index is 12.4. The minimum atomic E-state index is -0.937. The molecule has 1 N–H and O–H groups in total. The van der Waals surface area contributed by atoms with Crippen molar-refractivity contribution in [1.82, 2.24) is 19.9 Å². The third-order valence-electron chi connectivity index (χ3n) is 3.89. The minimum Gasteiger partial charge on any atom is -0.348 e. The van der Waals surface area contributed by atoms with E-state index in [0.717, 1.165) is 22.8 Å². The molecule has 134 valence electrons. The van der Waals surface area contributed by atoms with Gasteiger partial charge in [0.25, 0.3) is 5.91 Å². The van der Waals surface area contributed by atoms with Crippen LogP contribution in [0, 0.1) is 6.92 Å². The van der Waals surface area contributed by atoms with E-state index >= 15 is 0 Å². The number of pyridine rings is 1. The average Bonchev–Trinajstić information content (AvgIpc) is 3.05. The third-order valence-corrected chi connectivity index (χ3v) is 4.63. The van der Waals surface area contributed by atoms with E-state index in [4.69, 9.17) is 0 Å². The first-order valence-corrected chi connectivity index (χ1v) is 9.88. The molecule has 3 rings (SSSR count). The molecule has 0 aliphatic heterocycles.